The van der Waals surface area contributed by atoms with Crippen molar-refractivity contribution in [3.8, 4) is 0 Å². The van der Waals surface area contributed by atoms with E-state index in [1.807, 2.05) is 36.9 Å². The van der Waals surface area contributed by atoms with Crippen molar-refractivity contribution in [2.75, 3.05) is 6.54 Å². The molecule has 1 aliphatic rings. The number of carbonyl (C=O) groups excluding carboxylic acids is 2. The SMILES string of the molecule is CCCC1CCCCN1C(=O)c1cc(C(=O)N[C@@H](CC(=O)O)c2cccc(C)c2)nn1CC. The first-order chi connectivity index (χ1) is 15.8. The summed E-state index contributed by atoms with van der Waals surface area (Å²) >= 11 is 0. The number of hydrogen-bond acceptors (Lipinski definition) is 4. The number of piperidine rings is 1. The van der Waals surface area contributed by atoms with Gasteiger partial charge in [-0.25, -0.2) is 0 Å². The third kappa shape index (κ3) is 6.00. The molecule has 0 radical (unpaired) electrons. The summed E-state index contributed by atoms with van der Waals surface area (Å²) < 4.78 is 1.56. The van der Waals surface area contributed by atoms with Gasteiger partial charge in [0.1, 0.15) is 5.69 Å². The van der Waals surface area contributed by atoms with Crippen molar-refractivity contribution in [2.24, 2.45) is 0 Å². The maximum Gasteiger partial charge on any atom is 0.305 e. The van der Waals surface area contributed by atoms with E-state index in [1.165, 1.54) is 6.07 Å². The first kappa shape index (κ1) is 24.5. The Hall–Kier alpha value is -3.16. The summed E-state index contributed by atoms with van der Waals surface area (Å²) in [6.07, 6.45) is 4.83. The van der Waals surface area contributed by atoms with Crippen molar-refractivity contribution in [2.45, 2.75) is 77.9 Å². The van der Waals surface area contributed by atoms with Gasteiger partial charge < -0.3 is 15.3 Å². The summed E-state index contributed by atoms with van der Waals surface area (Å²) in [5.74, 6) is -1.60. The van der Waals surface area contributed by atoms with Crippen LogP contribution in [0.3, 0.4) is 0 Å². The quantitative estimate of drug-likeness (QED) is 0.597. The number of aliphatic carboxylic acids is 1. The summed E-state index contributed by atoms with van der Waals surface area (Å²) in [6, 6.07) is 8.46. The fourth-order valence-electron chi connectivity index (χ4n) is 4.54. The van der Waals surface area contributed by atoms with Crippen LogP contribution in [0.4, 0.5) is 0 Å². The van der Waals surface area contributed by atoms with Crippen LogP contribution < -0.4 is 5.32 Å². The molecule has 33 heavy (non-hydrogen) atoms. The summed E-state index contributed by atoms with van der Waals surface area (Å²) in [4.78, 5) is 39.8. The topological polar surface area (TPSA) is 105 Å². The largest absolute Gasteiger partial charge is 0.481 e. The van der Waals surface area contributed by atoms with Gasteiger partial charge in [0.2, 0.25) is 0 Å². The van der Waals surface area contributed by atoms with Crippen LogP contribution in [0.25, 0.3) is 0 Å². The number of nitrogens with one attached hydrogen (secondary N) is 1. The fraction of sp³-hybridized carbons (Fsp3) is 0.520. The van der Waals surface area contributed by atoms with E-state index >= 15 is 0 Å². The third-order valence-corrected chi connectivity index (χ3v) is 6.17. The molecule has 1 saturated heterocycles. The van der Waals surface area contributed by atoms with Crippen LogP contribution in [0.15, 0.2) is 30.3 Å². The van der Waals surface area contributed by atoms with Gasteiger partial charge in [0, 0.05) is 25.2 Å². The number of nitrogens with zero attached hydrogens (tertiary/aromatic N) is 3. The van der Waals surface area contributed by atoms with Gasteiger partial charge in [-0.15, -0.1) is 0 Å². The number of benzene rings is 1. The molecule has 3 rings (SSSR count). The Morgan fingerprint density at radius 2 is 2.00 bits per heavy atom. The smallest absolute Gasteiger partial charge is 0.305 e. The average molecular weight is 455 g/mol. The van der Waals surface area contributed by atoms with Crippen molar-refractivity contribution in [3.63, 3.8) is 0 Å². The van der Waals surface area contributed by atoms with Crippen LogP contribution in [0.1, 0.15) is 90.5 Å². The zero-order chi connectivity index (χ0) is 24.0. The number of rotatable bonds is 9. The molecule has 8 heteroatoms. The van der Waals surface area contributed by atoms with Crippen LogP contribution >= 0.6 is 0 Å². The van der Waals surface area contributed by atoms with Gasteiger partial charge in [0.05, 0.1) is 12.5 Å². The van der Waals surface area contributed by atoms with Gasteiger partial charge in [0.15, 0.2) is 5.69 Å². The van der Waals surface area contributed by atoms with E-state index < -0.39 is 17.9 Å². The fourth-order valence-corrected chi connectivity index (χ4v) is 4.54. The summed E-state index contributed by atoms with van der Waals surface area (Å²) in [6.45, 7) is 7.09. The first-order valence-corrected chi connectivity index (χ1v) is 11.8. The highest BCUT2D eigenvalue weighted by Gasteiger charge is 2.30. The van der Waals surface area contributed by atoms with E-state index in [4.69, 9.17) is 0 Å². The van der Waals surface area contributed by atoms with Gasteiger partial charge in [-0.3, -0.25) is 19.1 Å². The Kier molecular flexibility index (Phi) is 8.25. The molecule has 2 heterocycles. The molecule has 2 atom stereocenters. The van der Waals surface area contributed by atoms with Gasteiger partial charge in [-0.1, -0.05) is 43.2 Å². The number of carboxylic acids is 1. The van der Waals surface area contributed by atoms with E-state index in [0.717, 1.165) is 37.7 Å². The highest BCUT2D eigenvalue weighted by atomic mass is 16.4. The Morgan fingerprint density at radius 1 is 1.21 bits per heavy atom. The minimum absolute atomic E-state index is 0.0951. The number of carbonyl (C=O) groups is 3. The minimum atomic E-state index is -1.01. The number of likely N-dealkylation sites (tertiary alicyclic amines) is 1. The molecule has 2 aromatic rings. The molecule has 2 amide bonds. The van der Waals surface area contributed by atoms with Crippen LogP contribution in [0.2, 0.25) is 0 Å². The normalized spacial score (nSPS) is 16.9. The second kappa shape index (κ2) is 11.1. The summed E-state index contributed by atoms with van der Waals surface area (Å²) in [5, 5.41) is 16.5. The molecule has 0 saturated carbocycles. The van der Waals surface area contributed by atoms with Gasteiger partial charge in [-0.05, 0) is 45.1 Å². The van der Waals surface area contributed by atoms with Gasteiger partial charge in [-0.2, -0.15) is 5.10 Å². The molecule has 178 valence electrons. The molecular formula is C25H34N4O4. The number of hydrogen-bond donors (Lipinski definition) is 2. The molecule has 8 nitrogen and oxygen atoms in total. The van der Waals surface area contributed by atoms with Crippen molar-refractivity contribution in [1.82, 2.24) is 20.0 Å². The summed E-state index contributed by atoms with van der Waals surface area (Å²) in [5.41, 5.74) is 2.21. The zero-order valence-corrected chi connectivity index (χ0v) is 19.7. The van der Waals surface area contributed by atoms with Crippen molar-refractivity contribution < 1.29 is 19.5 Å². The molecule has 0 bridgehead atoms. The molecule has 1 unspecified atom stereocenters. The Balaban J connectivity index is 1.83. The number of carboxylic acid groups (broad SMARTS) is 1. The maximum atomic E-state index is 13.4. The maximum absolute atomic E-state index is 13.4. The van der Waals surface area contributed by atoms with Crippen LogP contribution in [-0.2, 0) is 11.3 Å². The van der Waals surface area contributed by atoms with Crippen molar-refractivity contribution in [3.05, 3.63) is 52.8 Å². The predicted molar refractivity (Wildman–Crippen MR) is 125 cm³/mol. The molecule has 1 fully saturated rings. The minimum Gasteiger partial charge on any atom is -0.481 e. The van der Waals surface area contributed by atoms with Crippen molar-refractivity contribution in [1.29, 1.82) is 0 Å². The lowest BCUT2D eigenvalue weighted by molar-refractivity contribution is -0.137. The highest BCUT2D eigenvalue weighted by Crippen LogP contribution is 2.24. The standard InChI is InChI=1S/C25H34N4O4/c1-4-9-19-12-6-7-13-28(19)25(33)22-15-21(27-29(22)5-2)24(32)26-20(16-23(30)31)18-11-8-10-17(3)14-18/h8,10-11,14-15,19-20H,4-7,9,12-13,16H2,1-3H3,(H,26,32)(H,30,31)/t19?,20-/m0/s1. The number of amides is 2. The van der Waals surface area contributed by atoms with Gasteiger partial charge >= 0.3 is 5.97 Å². The Labute approximate surface area is 195 Å². The van der Waals surface area contributed by atoms with Gasteiger partial charge in [0.25, 0.3) is 11.8 Å². The monoisotopic (exact) mass is 454 g/mol. The Bertz CT molecular complexity index is 998. The van der Waals surface area contributed by atoms with E-state index in [9.17, 15) is 19.5 Å². The van der Waals surface area contributed by atoms with E-state index in [2.05, 4.69) is 17.3 Å². The average Bonchev–Trinajstić information content (AvgIpc) is 3.23. The summed E-state index contributed by atoms with van der Waals surface area (Å²) in [7, 11) is 0. The van der Waals surface area contributed by atoms with Crippen LogP contribution in [0.5, 0.6) is 0 Å². The second-order valence-corrected chi connectivity index (χ2v) is 8.71. The van der Waals surface area contributed by atoms with Crippen LogP contribution in [0, 0.1) is 6.92 Å². The number of aryl methyl sites for hydroxylation is 2. The molecule has 1 aliphatic heterocycles. The van der Waals surface area contributed by atoms with Crippen molar-refractivity contribution >= 4 is 17.8 Å². The Morgan fingerprint density at radius 3 is 2.67 bits per heavy atom. The zero-order valence-electron chi connectivity index (χ0n) is 19.7. The van der Waals surface area contributed by atoms with Crippen LogP contribution in [-0.4, -0.2) is 50.2 Å². The molecule has 0 aliphatic carbocycles. The highest BCUT2D eigenvalue weighted by molar-refractivity contribution is 5.98. The first-order valence-electron chi connectivity index (χ1n) is 11.8. The van der Waals surface area contributed by atoms with E-state index in [1.54, 1.807) is 10.7 Å². The second-order valence-electron chi connectivity index (χ2n) is 8.71. The molecule has 1 aromatic heterocycles. The lowest BCUT2D eigenvalue weighted by atomic mass is 9.98. The lowest BCUT2D eigenvalue weighted by Crippen LogP contribution is -2.44. The lowest BCUT2D eigenvalue weighted by Gasteiger charge is -2.35. The number of aromatic nitrogens is 2. The molecular weight excluding hydrogens is 420 g/mol. The predicted octanol–water partition coefficient (Wildman–Crippen LogP) is 3.95. The molecule has 2 N–H and O–H groups in total. The third-order valence-electron chi connectivity index (χ3n) is 6.17. The van der Waals surface area contributed by atoms with E-state index in [-0.39, 0.29) is 24.1 Å². The molecule has 0 spiro atoms. The van der Waals surface area contributed by atoms with E-state index in [0.29, 0.717) is 24.3 Å². The molecule has 1 aromatic carbocycles.